The highest BCUT2D eigenvalue weighted by molar-refractivity contribution is 5.96. The quantitative estimate of drug-likeness (QED) is 0.821. The standard InChI is InChI=1S/C13H17N3O3/c1-14-13(18)11-5-4-9(7-15-11)12(17)16-8-10-3-2-6-19-10/h4-5,7,10H,2-3,6,8H2,1H3,(H,14,18)(H,16,17). The normalized spacial score (nSPS) is 18.1. The maximum Gasteiger partial charge on any atom is 0.269 e. The van der Waals surface area contributed by atoms with Crippen LogP contribution in [0.25, 0.3) is 0 Å². The van der Waals surface area contributed by atoms with Crippen molar-refractivity contribution >= 4 is 11.8 Å². The van der Waals surface area contributed by atoms with E-state index in [1.807, 2.05) is 0 Å². The third-order valence-corrected chi connectivity index (χ3v) is 3.00. The van der Waals surface area contributed by atoms with Crippen molar-refractivity contribution in [2.75, 3.05) is 20.2 Å². The van der Waals surface area contributed by atoms with Crippen LogP contribution in [-0.4, -0.2) is 43.1 Å². The van der Waals surface area contributed by atoms with Crippen LogP contribution in [0.3, 0.4) is 0 Å². The first-order chi connectivity index (χ1) is 9.20. The molecule has 6 nitrogen and oxygen atoms in total. The second-order valence-electron chi connectivity index (χ2n) is 4.36. The molecule has 1 aromatic heterocycles. The topological polar surface area (TPSA) is 80.3 Å². The van der Waals surface area contributed by atoms with E-state index < -0.39 is 0 Å². The molecule has 0 spiro atoms. The minimum Gasteiger partial charge on any atom is -0.376 e. The summed E-state index contributed by atoms with van der Waals surface area (Å²) in [5, 5.41) is 5.27. The molecule has 2 rings (SSSR count). The molecule has 2 amide bonds. The number of carbonyl (C=O) groups is 2. The van der Waals surface area contributed by atoms with E-state index in [2.05, 4.69) is 15.6 Å². The first-order valence-electron chi connectivity index (χ1n) is 6.28. The van der Waals surface area contributed by atoms with Crippen molar-refractivity contribution in [3.8, 4) is 0 Å². The smallest absolute Gasteiger partial charge is 0.269 e. The number of nitrogens with zero attached hydrogens (tertiary/aromatic N) is 1. The molecule has 1 aliphatic rings. The molecular formula is C13H17N3O3. The Bertz CT molecular complexity index is 453. The zero-order valence-corrected chi connectivity index (χ0v) is 10.8. The van der Waals surface area contributed by atoms with E-state index >= 15 is 0 Å². The lowest BCUT2D eigenvalue weighted by Crippen LogP contribution is -2.31. The summed E-state index contributed by atoms with van der Waals surface area (Å²) < 4.78 is 5.42. The number of ether oxygens (including phenoxy) is 1. The molecule has 1 aliphatic heterocycles. The summed E-state index contributed by atoms with van der Waals surface area (Å²) >= 11 is 0. The van der Waals surface area contributed by atoms with E-state index in [0.717, 1.165) is 19.4 Å². The summed E-state index contributed by atoms with van der Waals surface area (Å²) in [6.07, 6.45) is 3.54. The monoisotopic (exact) mass is 263 g/mol. The van der Waals surface area contributed by atoms with Gasteiger partial charge in [-0.05, 0) is 25.0 Å². The highest BCUT2D eigenvalue weighted by Gasteiger charge is 2.17. The largest absolute Gasteiger partial charge is 0.376 e. The van der Waals surface area contributed by atoms with Crippen molar-refractivity contribution in [2.45, 2.75) is 18.9 Å². The Balaban J connectivity index is 1.89. The number of amides is 2. The highest BCUT2D eigenvalue weighted by Crippen LogP contribution is 2.10. The van der Waals surface area contributed by atoms with Crippen molar-refractivity contribution in [1.82, 2.24) is 15.6 Å². The third kappa shape index (κ3) is 3.51. The molecule has 0 saturated carbocycles. The molecule has 19 heavy (non-hydrogen) atoms. The first-order valence-corrected chi connectivity index (χ1v) is 6.28. The van der Waals surface area contributed by atoms with E-state index in [9.17, 15) is 9.59 Å². The van der Waals surface area contributed by atoms with Gasteiger partial charge in [0.1, 0.15) is 5.69 Å². The van der Waals surface area contributed by atoms with Gasteiger partial charge in [-0.25, -0.2) is 0 Å². The molecule has 1 aromatic rings. The lowest BCUT2D eigenvalue weighted by molar-refractivity contribution is 0.0856. The zero-order valence-electron chi connectivity index (χ0n) is 10.8. The number of hydrogen-bond acceptors (Lipinski definition) is 4. The van der Waals surface area contributed by atoms with Crippen LogP contribution in [0, 0.1) is 0 Å². The molecule has 0 bridgehead atoms. The van der Waals surface area contributed by atoms with Crippen molar-refractivity contribution in [3.63, 3.8) is 0 Å². The first kappa shape index (κ1) is 13.5. The molecule has 6 heteroatoms. The van der Waals surface area contributed by atoms with Crippen LogP contribution in [-0.2, 0) is 4.74 Å². The molecule has 2 N–H and O–H groups in total. The average Bonchev–Trinajstić information content (AvgIpc) is 2.97. The van der Waals surface area contributed by atoms with Gasteiger partial charge in [0.15, 0.2) is 0 Å². The van der Waals surface area contributed by atoms with Crippen LogP contribution in [0.5, 0.6) is 0 Å². The Morgan fingerprint density at radius 1 is 1.42 bits per heavy atom. The summed E-state index contributed by atoms with van der Waals surface area (Å²) in [5.74, 6) is -0.474. The van der Waals surface area contributed by atoms with Crippen molar-refractivity contribution in [1.29, 1.82) is 0 Å². The zero-order chi connectivity index (χ0) is 13.7. The molecular weight excluding hydrogens is 246 g/mol. The fourth-order valence-electron chi connectivity index (χ4n) is 1.90. The van der Waals surface area contributed by atoms with Gasteiger partial charge in [0.2, 0.25) is 0 Å². The SMILES string of the molecule is CNC(=O)c1ccc(C(=O)NCC2CCCO2)cn1. The fourth-order valence-corrected chi connectivity index (χ4v) is 1.90. The summed E-state index contributed by atoms with van der Waals surface area (Å²) in [6.45, 7) is 1.28. The predicted molar refractivity (Wildman–Crippen MR) is 68.9 cm³/mol. The molecule has 1 atom stereocenters. The molecule has 0 aliphatic carbocycles. The Hall–Kier alpha value is -1.95. The molecule has 1 saturated heterocycles. The Morgan fingerprint density at radius 3 is 2.84 bits per heavy atom. The van der Waals surface area contributed by atoms with Crippen LogP contribution in [0.15, 0.2) is 18.3 Å². The predicted octanol–water partition coefficient (Wildman–Crippen LogP) is 0.350. The van der Waals surface area contributed by atoms with Gasteiger partial charge in [0.05, 0.1) is 11.7 Å². The number of aromatic nitrogens is 1. The molecule has 2 heterocycles. The fraction of sp³-hybridized carbons (Fsp3) is 0.462. The molecule has 102 valence electrons. The van der Waals surface area contributed by atoms with E-state index in [4.69, 9.17) is 4.74 Å². The maximum absolute atomic E-state index is 11.8. The Morgan fingerprint density at radius 2 is 2.26 bits per heavy atom. The van der Waals surface area contributed by atoms with Gasteiger partial charge in [-0.15, -0.1) is 0 Å². The average molecular weight is 263 g/mol. The van der Waals surface area contributed by atoms with Gasteiger partial charge < -0.3 is 15.4 Å². The van der Waals surface area contributed by atoms with Crippen LogP contribution in [0.2, 0.25) is 0 Å². The minimum absolute atomic E-state index is 0.113. The van der Waals surface area contributed by atoms with Gasteiger partial charge >= 0.3 is 0 Å². The molecule has 1 fully saturated rings. The lowest BCUT2D eigenvalue weighted by Gasteiger charge is -2.10. The Kier molecular flexibility index (Phi) is 4.46. The molecule has 0 aromatic carbocycles. The van der Waals surface area contributed by atoms with E-state index in [0.29, 0.717) is 12.1 Å². The highest BCUT2D eigenvalue weighted by atomic mass is 16.5. The van der Waals surface area contributed by atoms with Crippen LogP contribution >= 0.6 is 0 Å². The minimum atomic E-state index is -0.272. The van der Waals surface area contributed by atoms with Gasteiger partial charge in [-0.2, -0.15) is 0 Å². The van der Waals surface area contributed by atoms with Crippen LogP contribution in [0.4, 0.5) is 0 Å². The second kappa shape index (κ2) is 6.29. The van der Waals surface area contributed by atoms with Gasteiger partial charge in [0.25, 0.3) is 11.8 Å². The van der Waals surface area contributed by atoms with Crippen molar-refractivity contribution in [3.05, 3.63) is 29.6 Å². The van der Waals surface area contributed by atoms with E-state index in [1.165, 1.54) is 19.3 Å². The number of carbonyl (C=O) groups excluding carboxylic acids is 2. The second-order valence-corrected chi connectivity index (χ2v) is 4.36. The van der Waals surface area contributed by atoms with E-state index in [-0.39, 0.29) is 23.6 Å². The Labute approximate surface area is 111 Å². The van der Waals surface area contributed by atoms with Gasteiger partial charge in [0, 0.05) is 26.4 Å². The number of pyridine rings is 1. The molecule has 0 radical (unpaired) electrons. The number of nitrogens with one attached hydrogen (secondary N) is 2. The number of hydrogen-bond donors (Lipinski definition) is 2. The lowest BCUT2D eigenvalue weighted by atomic mass is 10.2. The summed E-state index contributed by atoms with van der Waals surface area (Å²) in [6, 6.07) is 3.11. The maximum atomic E-state index is 11.8. The van der Waals surface area contributed by atoms with E-state index in [1.54, 1.807) is 6.07 Å². The van der Waals surface area contributed by atoms with Gasteiger partial charge in [-0.1, -0.05) is 0 Å². The summed E-state index contributed by atoms with van der Waals surface area (Å²) in [5.41, 5.74) is 0.726. The van der Waals surface area contributed by atoms with Crippen LogP contribution in [0.1, 0.15) is 33.7 Å². The number of rotatable bonds is 4. The van der Waals surface area contributed by atoms with Crippen LogP contribution < -0.4 is 10.6 Å². The summed E-state index contributed by atoms with van der Waals surface area (Å²) in [4.78, 5) is 27.1. The molecule has 1 unspecified atom stereocenters. The van der Waals surface area contributed by atoms with Gasteiger partial charge in [-0.3, -0.25) is 14.6 Å². The van der Waals surface area contributed by atoms with Crippen molar-refractivity contribution in [2.24, 2.45) is 0 Å². The third-order valence-electron chi connectivity index (χ3n) is 3.00. The summed E-state index contributed by atoms with van der Waals surface area (Å²) in [7, 11) is 1.53. The van der Waals surface area contributed by atoms with Crippen molar-refractivity contribution < 1.29 is 14.3 Å².